The highest BCUT2D eigenvalue weighted by Gasteiger charge is 2.16. The number of anilines is 3. The zero-order valence-electron chi connectivity index (χ0n) is 15.2. The molecule has 1 aromatic carbocycles. The van der Waals surface area contributed by atoms with Crippen LogP contribution in [0.3, 0.4) is 0 Å². The summed E-state index contributed by atoms with van der Waals surface area (Å²) in [5.41, 5.74) is 13.0. The Morgan fingerprint density at radius 2 is 1.96 bits per heavy atom. The average molecular weight is 366 g/mol. The summed E-state index contributed by atoms with van der Waals surface area (Å²) in [4.78, 5) is 27.7. The van der Waals surface area contributed by atoms with Crippen LogP contribution < -0.4 is 22.1 Å². The highest BCUT2D eigenvalue weighted by molar-refractivity contribution is 6.01. The number of fused-ring (bicyclic) bond motifs is 1. The lowest BCUT2D eigenvalue weighted by Gasteiger charge is -2.16. The molecule has 0 spiro atoms. The van der Waals surface area contributed by atoms with Crippen molar-refractivity contribution in [1.82, 2.24) is 9.55 Å². The lowest BCUT2D eigenvalue weighted by Crippen LogP contribution is -2.35. The molecule has 0 radical (unpaired) electrons. The van der Waals surface area contributed by atoms with E-state index in [1.165, 1.54) is 0 Å². The molecule has 2 aromatic heterocycles. The summed E-state index contributed by atoms with van der Waals surface area (Å²) in [7, 11) is 1.96. The van der Waals surface area contributed by atoms with Crippen molar-refractivity contribution in [3.8, 4) is 0 Å². The van der Waals surface area contributed by atoms with Gasteiger partial charge in [-0.3, -0.25) is 9.59 Å². The molecule has 140 valence electrons. The minimum atomic E-state index is -0.598. The molecular formula is C19H22N6O2. The molecule has 0 bridgehead atoms. The fourth-order valence-corrected chi connectivity index (χ4v) is 2.93. The second-order valence-electron chi connectivity index (χ2n) is 6.25. The van der Waals surface area contributed by atoms with Gasteiger partial charge in [0.1, 0.15) is 17.7 Å². The zero-order valence-corrected chi connectivity index (χ0v) is 15.2. The van der Waals surface area contributed by atoms with Crippen molar-refractivity contribution in [1.29, 1.82) is 0 Å². The molecule has 2 amide bonds. The lowest BCUT2D eigenvalue weighted by atomic mass is 10.2. The SMILES string of the molecule is CC[C@@H](Nc1ccc(C(N)=O)c(Nc2cccc3c2ccn3C)n1)C(N)=O. The molecule has 3 rings (SSSR count). The smallest absolute Gasteiger partial charge is 0.252 e. The van der Waals surface area contributed by atoms with E-state index in [0.29, 0.717) is 18.1 Å². The van der Waals surface area contributed by atoms with E-state index in [0.717, 1.165) is 16.6 Å². The molecule has 3 aromatic rings. The van der Waals surface area contributed by atoms with Gasteiger partial charge in [-0.25, -0.2) is 4.98 Å². The second-order valence-corrected chi connectivity index (χ2v) is 6.25. The second kappa shape index (κ2) is 7.36. The number of hydrogen-bond acceptors (Lipinski definition) is 5. The van der Waals surface area contributed by atoms with Crippen LogP contribution in [0.2, 0.25) is 0 Å². The quantitative estimate of drug-likeness (QED) is 0.509. The Hall–Kier alpha value is -3.55. The van der Waals surface area contributed by atoms with Gasteiger partial charge < -0.3 is 26.7 Å². The van der Waals surface area contributed by atoms with Crippen LogP contribution in [0.1, 0.15) is 23.7 Å². The molecule has 0 saturated carbocycles. The van der Waals surface area contributed by atoms with Gasteiger partial charge in [0.2, 0.25) is 5.91 Å². The van der Waals surface area contributed by atoms with Crippen molar-refractivity contribution in [2.45, 2.75) is 19.4 Å². The number of carbonyl (C=O) groups is 2. The minimum absolute atomic E-state index is 0.251. The third-order valence-electron chi connectivity index (χ3n) is 4.42. The Kier molecular flexibility index (Phi) is 4.98. The molecule has 2 heterocycles. The molecule has 0 aliphatic heterocycles. The summed E-state index contributed by atoms with van der Waals surface area (Å²) < 4.78 is 2.00. The summed E-state index contributed by atoms with van der Waals surface area (Å²) in [5.74, 6) is -0.336. The first-order chi connectivity index (χ1) is 12.9. The van der Waals surface area contributed by atoms with Gasteiger partial charge in [-0.1, -0.05) is 13.0 Å². The Morgan fingerprint density at radius 3 is 2.63 bits per heavy atom. The van der Waals surface area contributed by atoms with Crippen LogP contribution >= 0.6 is 0 Å². The summed E-state index contributed by atoms with van der Waals surface area (Å²) >= 11 is 0. The number of primary amides is 2. The van der Waals surface area contributed by atoms with Gasteiger partial charge in [-0.15, -0.1) is 0 Å². The van der Waals surface area contributed by atoms with E-state index in [1.54, 1.807) is 12.1 Å². The summed E-state index contributed by atoms with van der Waals surface area (Å²) in [6.07, 6.45) is 2.47. The number of nitrogens with two attached hydrogens (primary N) is 2. The largest absolute Gasteiger partial charge is 0.368 e. The minimum Gasteiger partial charge on any atom is -0.368 e. The van der Waals surface area contributed by atoms with Crippen molar-refractivity contribution >= 4 is 40.0 Å². The third kappa shape index (κ3) is 3.69. The molecule has 6 N–H and O–H groups in total. The highest BCUT2D eigenvalue weighted by atomic mass is 16.1. The van der Waals surface area contributed by atoms with Gasteiger partial charge in [0, 0.05) is 29.8 Å². The van der Waals surface area contributed by atoms with Gasteiger partial charge in [-0.2, -0.15) is 0 Å². The van der Waals surface area contributed by atoms with Crippen molar-refractivity contribution in [2.24, 2.45) is 18.5 Å². The van der Waals surface area contributed by atoms with Crippen molar-refractivity contribution in [3.05, 3.63) is 48.2 Å². The van der Waals surface area contributed by atoms with E-state index in [1.807, 2.05) is 49.0 Å². The molecule has 0 unspecified atom stereocenters. The summed E-state index contributed by atoms with van der Waals surface area (Å²) in [5, 5.41) is 7.15. The van der Waals surface area contributed by atoms with E-state index >= 15 is 0 Å². The molecule has 0 fully saturated rings. The first-order valence-electron chi connectivity index (χ1n) is 8.58. The number of carbonyl (C=O) groups excluding carboxylic acids is 2. The van der Waals surface area contributed by atoms with Crippen LogP contribution in [-0.2, 0) is 11.8 Å². The first kappa shape index (κ1) is 18.2. The highest BCUT2D eigenvalue weighted by Crippen LogP contribution is 2.28. The first-order valence-corrected chi connectivity index (χ1v) is 8.58. The normalized spacial score (nSPS) is 11.9. The molecule has 8 nitrogen and oxygen atoms in total. The number of aryl methyl sites for hydroxylation is 1. The number of benzene rings is 1. The molecule has 8 heteroatoms. The van der Waals surface area contributed by atoms with E-state index in [4.69, 9.17) is 11.5 Å². The third-order valence-corrected chi connectivity index (χ3v) is 4.42. The predicted octanol–water partition coefficient (Wildman–Crippen LogP) is 2.09. The van der Waals surface area contributed by atoms with E-state index in [2.05, 4.69) is 15.6 Å². The van der Waals surface area contributed by atoms with Crippen molar-refractivity contribution in [3.63, 3.8) is 0 Å². The standard InChI is InChI=1S/C19H22N6O2/c1-3-13(18(21)27)22-16-8-7-12(17(20)26)19(24-16)23-14-5-4-6-15-11(14)9-10-25(15)2/h4-10,13H,3H2,1-2H3,(H2,20,26)(H2,21,27)(H2,22,23,24)/t13-/m1/s1. The van der Waals surface area contributed by atoms with Crippen LogP contribution in [-0.4, -0.2) is 27.4 Å². The summed E-state index contributed by atoms with van der Waals surface area (Å²) in [6.45, 7) is 1.84. The van der Waals surface area contributed by atoms with Crippen molar-refractivity contribution in [2.75, 3.05) is 10.6 Å². The number of rotatable bonds is 7. The monoisotopic (exact) mass is 366 g/mol. The fraction of sp³-hybridized carbons (Fsp3) is 0.211. The lowest BCUT2D eigenvalue weighted by molar-refractivity contribution is -0.118. The maximum atomic E-state index is 11.8. The Balaban J connectivity index is 2.00. The van der Waals surface area contributed by atoms with E-state index in [-0.39, 0.29) is 5.56 Å². The van der Waals surface area contributed by atoms with Crippen LogP contribution in [0.15, 0.2) is 42.6 Å². The number of nitrogens with zero attached hydrogens (tertiary/aromatic N) is 2. The Bertz CT molecular complexity index is 1010. The maximum absolute atomic E-state index is 11.8. The van der Waals surface area contributed by atoms with Crippen LogP contribution in [0, 0.1) is 0 Å². The van der Waals surface area contributed by atoms with E-state index < -0.39 is 17.9 Å². The number of hydrogen-bond donors (Lipinski definition) is 4. The van der Waals surface area contributed by atoms with E-state index in [9.17, 15) is 9.59 Å². The maximum Gasteiger partial charge on any atom is 0.252 e. The molecular weight excluding hydrogens is 344 g/mol. The Labute approximate surface area is 156 Å². The van der Waals surface area contributed by atoms with Gasteiger partial charge in [0.15, 0.2) is 0 Å². The molecule has 0 aliphatic carbocycles. The number of aromatic nitrogens is 2. The predicted molar refractivity (Wildman–Crippen MR) is 106 cm³/mol. The fourth-order valence-electron chi connectivity index (χ4n) is 2.93. The molecule has 27 heavy (non-hydrogen) atoms. The number of pyridine rings is 1. The van der Waals surface area contributed by atoms with Gasteiger partial charge in [0.25, 0.3) is 5.91 Å². The van der Waals surface area contributed by atoms with Gasteiger partial charge in [-0.05, 0) is 36.8 Å². The molecule has 0 saturated heterocycles. The van der Waals surface area contributed by atoms with Crippen LogP contribution in [0.4, 0.5) is 17.3 Å². The van der Waals surface area contributed by atoms with Crippen LogP contribution in [0.25, 0.3) is 10.9 Å². The Morgan fingerprint density at radius 1 is 1.19 bits per heavy atom. The zero-order chi connectivity index (χ0) is 19.6. The number of nitrogens with one attached hydrogen (secondary N) is 2. The molecule has 1 atom stereocenters. The average Bonchev–Trinajstić information content (AvgIpc) is 3.01. The summed E-state index contributed by atoms with van der Waals surface area (Å²) in [6, 6.07) is 10.4. The topological polar surface area (TPSA) is 128 Å². The molecule has 0 aliphatic rings. The van der Waals surface area contributed by atoms with Crippen LogP contribution in [0.5, 0.6) is 0 Å². The van der Waals surface area contributed by atoms with Crippen molar-refractivity contribution < 1.29 is 9.59 Å². The van der Waals surface area contributed by atoms with Gasteiger partial charge >= 0.3 is 0 Å². The number of amides is 2. The van der Waals surface area contributed by atoms with Gasteiger partial charge in [0.05, 0.1) is 5.56 Å².